The molecule has 1 aromatic rings. The second-order valence-corrected chi connectivity index (χ2v) is 5.54. The maximum atomic E-state index is 5.80. The van der Waals surface area contributed by atoms with Gasteiger partial charge in [0.1, 0.15) is 5.75 Å². The molecule has 0 heterocycles. The van der Waals surface area contributed by atoms with Crippen LogP contribution < -0.4 is 10.1 Å². The van der Waals surface area contributed by atoms with E-state index in [1.807, 2.05) is 7.05 Å². The van der Waals surface area contributed by atoms with Crippen molar-refractivity contribution < 1.29 is 4.74 Å². The average Bonchev–Trinajstić information content (AvgIpc) is 3.29. The predicted octanol–water partition coefficient (Wildman–Crippen LogP) is 3.22. The lowest BCUT2D eigenvalue weighted by atomic mass is 10.0. The molecule has 1 aliphatic carbocycles. The molecule has 1 fully saturated rings. The Balaban J connectivity index is 1.88. The third kappa shape index (κ3) is 4.50. The van der Waals surface area contributed by atoms with Gasteiger partial charge in [-0.2, -0.15) is 0 Å². The van der Waals surface area contributed by atoms with Crippen LogP contribution in [0, 0.1) is 0 Å². The molecular weight excluding hydrogens is 248 g/mol. The highest BCUT2D eigenvalue weighted by molar-refractivity contribution is 5.29. The lowest BCUT2D eigenvalue weighted by Gasteiger charge is -2.23. The fourth-order valence-electron chi connectivity index (χ4n) is 2.49. The predicted molar refractivity (Wildman–Crippen MR) is 84.3 cm³/mol. The van der Waals surface area contributed by atoms with Crippen LogP contribution in [-0.2, 0) is 0 Å². The standard InChI is InChI=1S/C17H28N2O/c1-4-19(5-2)13-12-17(18-3)14-6-8-15(9-7-14)20-16-10-11-16/h6-9,16-18H,4-5,10-13H2,1-3H3. The van der Waals surface area contributed by atoms with E-state index < -0.39 is 0 Å². The van der Waals surface area contributed by atoms with Crippen molar-refractivity contribution in [2.75, 3.05) is 26.7 Å². The zero-order valence-corrected chi connectivity index (χ0v) is 13.1. The summed E-state index contributed by atoms with van der Waals surface area (Å²) in [5, 5.41) is 3.43. The molecule has 0 saturated heterocycles. The van der Waals surface area contributed by atoms with Crippen LogP contribution in [-0.4, -0.2) is 37.7 Å². The monoisotopic (exact) mass is 276 g/mol. The van der Waals surface area contributed by atoms with Crippen LogP contribution in [0.25, 0.3) is 0 Å². The Bertz CT molecular complexity index is 382. The van der Waals surface area contributed by atoms with Crippen molar-refractivity contribution in [3.05, 3.63) is 29.8 Å². The first-order valence-electron chi connectivity index (χ1n) is 7.93. The molecule has 1 unspecified atom stereocenters. The Morgan fingerprint density at radius 1 is 1.20 bits per heavy atom. The number of rotatable bonds is 9. The Kier molecular flexibility index (Phi) is 5.86. The van der Waals surface area contributed by atoms with Crippen LogP contribution in [0.5, 0.6) is 5.75 Å². The summed E-state index contributed by atoms with van der Waals surface area (Å²) in [4.78, 5) is 2.47. The fourth-order valence-corrected chi connectivity index (χ4v) is 2.49. The average molecular weight is 276 g/mol. The normalized spacial score (nSPS) is 16.4. The molecule has 3 nitrogen and oxygen atoms in total. The number of hydrogen-bond acceptors (Lipinski definition) is 3. The van der Waals surface area contributed by atoms with Gasteiger partial charge in [0.15, 0.2) is 0 Å². The van der Waals surface area contributed by atoms with E-state index in [0.717, 1.165) is 31.8 Å². The Morgan fingerprint density at radius 3 is 2.35 bits per heavy atom. The third-order valence-electron chi connectivity index (χ3n) is 4.09. The van der Waals surface area contributed by atoms with Gasteiger partial charge in [0.05, 0.1) is 6.10 Å². The van der Waals surface area contributed by atoms with Crippen molar-refractivity contribution in [1.82, 2.24) is 10.2 Å². The van der Waals surface area contributed by atoms with Gasteiger partial charge < -0.3 is 15.0 Å². The third-order valence-corrected chi connectivity index (χ3v) is 4.09. The molecule has 1 atom stereocenters. The highest BCUT2D eigenvalue weighted by Gasteiger charge is 2.23. The summed E-state index contributed by atoms with van der Waals surface area (Å²) in [6, 6.07) is 9.03. The van der Waals surface area contributed by atoms with Gasteiger partial charge >= 0.3 is 0 Å². The molecule has 0 spiro atoms. The Morgan fingerprint density at radius 2 is 1.85 bits per heavy atom. The topological polar surface area (TPSA) is 24.5 Å². The van der Waals surface area contributed by atoms with Crippen molar-refractivity contribution in [2.45, 2.75) is 45.3 Å². The molecule has 0 aliphatic heterocycles. The summed E-state index contributed by atoms with van der Waals surface area (Å²) < 4.78 is 5.80. The molecule has 1 N–H and O–H groups in total. The number of ether oxygens (including phenoxy) is 1. The number of benzene rings is 1. The van der Waals surface area contributed by atoms with Crippen molar-refractivity contribution in [3.8, 4) is 5.75 Å². The van der Waals surface area contributed by atoms with E-state index in [9.17, 15) is 0 Å². The minimum absolute atomic E-state index is 0.422. The summed E-state index contributed by atoms with van der Waals surface area (Å²) in [6.45, 7) is 7.84. The summed E-state index contributed by atoms with van der Waals surface area (Å²) >= 11 is 0. The second kappa shape index (κ2) is 7.65. The van der Waals surface area contributed by atoms with Gasteiger partial charge in [-0.15, -0.1) is 0 Å². The van der Waals surface area contributed by atoms with Gasteiger partial charge in [-0.1, -0.05) is 26.0 Å². The maximum Gasteiger partial charge on any atom is 0.119 e. The molecule has 0 radical (unpaired) electrons. The molecule has 0 amide bonds. The van der Waals surface area contributed by atoms with Crippen LogP contribution in [0.3, 0.4) is 0 Å². The first kappa shape index (κ1) is 15.3. The van der Waals surface area contributed by atoms with Crippen LogP contribution in [0.1, 0.15) is 44.7 Å². The maximum absolute atomic E-state index is 5.80. The molecule has 1 aliphatic rings. The number of nitrogens with one attached hydrogen (secondary N) is 1. The van der Waals surface area contributed by atoms with E-state index in [1.54, 1.807) is 0 Å². The highest BCUT2D eigenvalue weighted by Crippen LogP contribution is 2.28. The zero-order chi connectivity index (χ0) is 14.4. The fraction of sp³-hybridized carbons (Fsp3) is 0.647. The molecule has 2 rings (SSSR count). The largest absolute Gasteiger partial charge is 0.490 e. The number of hydrogen-bond donors (Lipinski definition) is 1. The lowest BCUT2D eigenvalue weighted by Crippen LogP contribution is -2.28. The van der Waals surface area contributed by atoms with Crippen LogP contribution in [0.15, 0.2) is 24.3 Å². The van der Waals surface area contributed by atoms with E-state index in [4.69, 9.17) is 4.74 Å². The van der Waals surface area contributed by atoms with E-state index >= 15 is 0 Å². The van der Waals surface area contributed by atoms with Gasteiger partial charge in [-0.05, 0) is 63.6 Å². The van der Waals surface area contributed by atoms with Crippen molar-refractivity contribution in [3.63, 3.8) is 0 Å². The number of nitrogens with zero attached hydrogens (tertiary/aromatic N) is 1. The molecule has 0 aromatic heterocycles. The molecule has 3 heteroatoms. The van der Waals surface area contributed by atoms with Crippen LogP contribution in [0.2, 0.25) is 0 Å². The van der Waals surface area contributed by atoms with Gasteiger partial charge in [0, 0.05) is 6.04 Å². The minimum atomic E-state index is 0.422. The highest BCUT2D eigenvalue weighted by atomic mass is 16.5. The van der Waals surface area contributed by atoms with Crippen LogP contribution >= 0.6 is 0 Å². The van der Waals surface area contributed by atoms with E-state index in [2.05, 4.69) is 48.3 Å². The van der Waals surface area contributed by atoms with Crippen molar-refractivity contribution >= 4 is 0 Å². The zero-order valence-electron chi connectivity index (χ0n) is 13.1. The van der Waals surface area contributed by atoms with Crippen molar-refractivity contribution in [1.29, 1.82) is 0 Å². The Hall–Kier alpha value is -1.06. The first-order chi connectivity index (χ1) is 9.76. The summed E-state index contributed by atoms with van der Waals surface area (Å²) in [6.07, 6.45) is 4.04. The second-order valence-electron chi connectivity index (χ2n) is 5.54. The van der Waals surface area contributed by atoms with Crippen molar-refractivity contribution in [2.24, 2.45) is 0 Å². The van der Waals surface area contributed by atoms with E-state index in [-0.39, 0.29) is 0 Å². The SMILES string of the molecule is CCN(CC)CCC(NC)c1ccc(OC2CC2)cc1. The smallest absolute Gasteiger partial charge is 0.119 e. The van der Waals surface area contributed by atoms with E-state index in [1.165, 1.54) is 18.4 Å². The molecule has 20 heavy (non-hydrogen) atoms. The molecular formula is C17H28N2O. The molecule has 0 bridgehead atoms. The first-order valence-corrected chi connectivity index (χ1v) is 7.93. The summed E-state index contributed by atoms with van der Waals surface area (Å²) in [5.41, 5.74) is 1.35. The summed E-state index contributed by atoms with van der Waals surface area (Å²) in [7, 11) is 2.04. The van der Waals surface area contributed by atoms with Gasteiger partial charge in [0.25, 0.3) is 0 Å². The van der Waals surface area contributed by atoms with Gasteiger partial charge in [0.2, 0.25) is 0 Å². The minimum Gasteiger partial charge on any atom is -0.490 e. The van der Waals surface area contributed by atoms with E-state index in [0.29, 0.717) is 12.1 Å². The van der Waals surface area contributed by atoms with Crippen LogP contribution in [0.4, 0.5) is 0 Å². The molecule has 112 valence electrons. The molecule has 1 aromatic carbocycles. The Labute approximate surface area is 123 Å². The van der Waals surface area contributed by atoms with Gasteiger partial charge in [-0.3, -0.25) is 0 Å². The summed E-state index contributed by atoms with van der Waals surface area (Å²) in [5.74, 6) is 1.01. The lowest BCUT2D eigenvalue weighted by molar-refractivity contribution is 0.284. The van der Waals surface area contributed by atoms with Gasteiger partial charge in [-0.25, -0.2) is 0 Å². The molecule has 1 saturated carbocycles. The quantitative estimate of drug-likeness (QED) is 0.749.